The second-order valence-electron chi connectivity index (χ2n) is 14.5. The van der Waals surface area contributed by atoms with E-state index in [0.29, 0.717) is 25.3 Å². The summed E-state index contributed by atoms with van der Waals surface area (Å²) < 4.78 is 26.9. The summed E-state index contributed by atoms with van der Waals surface area (Å²) in [6.45, 7) is 12.2. The Morgan fingerprint density at radius 1 is 1.04 bits per heavy atom. The number of para-hydroxylation sites is 1. The minimum atomic E-state index is -0.681. The van der Waals surface area contributed by atoms with Gasteiger partial charge in [0.05, 0.1) is 17.5 Å². The van der Waals surface area contributed by atoms with Crippen LogP contribution in [0.2, 0.25) is 5.28 Å². The number of ether oxygens (including phenoxy) is 4. The number of aromatic nitrogens is 3. The molecule has 12 heteroatoms. The number of nitrogens with one attached hydrogen (secondary N) is 2. The summed E-state index contributed by atoms with van der Waals surface area (Å²) in [5, 5.41) is 7.88. The maximum Gasteiger partial charge on any atom is 0.410 e. The van der Waals surface area contributed by atoms with Gasteiger partial charge in [0, 0.05) is 38.8 Å². The van der Waals surface area contributed by atoms with E-state index in [4.69, 9.17) is 30.5 Å². The van der Waals surface area contributed by atoms with Crippen LogP contribution in [0.15, 0.2) is 66.9 Å². The van der Waals surface area contributed by atoms with E-state index in [1.54, 1.807) is 4.90 Å². The van der Waals surface area contributed by atoms with E-state index in [1.165, 1.54) is 0 Å². The van der Waals surface area contributed by atoms with Crippen molar-refractivity contribution in [3.05, 3.63) is 77.7 Å². The van der Waals surface area contributed by atoms with Gasteiger partial charge in [0.15, 0.2) is 5.79 Å². The number of carbonyl (C=O) groups excluding carboxylic acids is 1. The second-order valence-corrected chi connectivity index (χ2v) is 14.9. The minimum Gasteiger partial charge on any atom is -0.457 e. The summed E-state index contributed by atoms with van der Waals surface area (Å²) >= 11 is 6.30. The lowest BCUT2D eigenvalue weighted by Crippen LogP contribution is -2.39. The number of amides is 1. The summed E-state index contributed by atoms with van der Waals surface area (Å²) in [4.78, 5) is 24.0. The van der Waals surface area contributed by atoms with E-state index < -0.39 is 11.4 Å². The third-order valence-corrected chi connectivity index (χ3v) is 9.25. The predicted molar refractivity (Wildman–Crippen MR) is 195 cm³/mol. The van der Waals surface area contributed by atoms with Crippen molar-refractivity contribution in [3.8, 4) is 11.5 Å². The van der Waals surface area contributed by atoms with E-state index in [2.05, 4.69) is 31.2 Å². The molecular weight excluding hydrogens is 656 g/mol. The first-order valence-corrected chi connectivity index (χ1v) is 17.8. The van der Waals surface area contributed by atoms with Gasteiger partial charge in [-0.3, -0.25) is 0 Å². The number of halogens is 1. The Bertz CT molecular complexity index is 1760. The molecule has 0 unspecified atom stereocenters. The normalized spacial score (nSPS) is 21.3. The average molecular weight is 705 g/mol. The molecule has 1 aliphatic carbocycles. The van der Waals surface area contributed by atoms with E-state index >= 15 is 0 Å². The van der Waals surface area contributed by atoms with Crippen LogP contribution in [0.1, 0.15) is 59.1 Å². The summed E-state index contributed by atoms with van der Waals surface area (Å²) in [5.41, 5.74) is 1.28. The molecule has 2 N–H and O–H groups in total. The molecule has 2 fully saturated rings. The van der Waals surface area contributed by atoms with E-state index in [0.717, 1.165) is 54.0 Å². The Kier molecular flexibility index (Phi) is 10.9. The highest BCUT2D eigenvalue weighted by molar-refractivity contribution is 6.28. The molecule has 1 saturated carbocycles. The van der Waals surface area contributed by atoms with Gasteiger partial charge >= 0.3 is 6.09 Å². The van der Waals surface area contributed by atoms with Crippen LogP contribution in [0, 0.1) is 5.92 Å². The van der Waals surface area contributed by atoms with Gasteiger partial charge in [-0.05, 0) is 108 Å². The Balaban J connectivity index is 1.06. The highest BCUT2D eigenvalue weighted by atomic mass is 35.5. The van der Waals surface area contributed by atoms with Crippen LogP contribution in [0.25, 0.3) is 11.0 Å². The lowest BCUT2D eigenvalue weighted by molar-refractivity contribution is -0.160. The number of fused-ring (bicyclic) bond motifs is 2. The molecule has 11 nitrogen and oxygen atoms in total. The van der Waals surface area contributed by atoms with Crippen molar-refractivity contribution in [1.82, 2.24) is 24.8 Å². The van der Waals surface area contributed by atoms with Crippen LogP contribution in [0.4, 0.5) is 10.6 Å². The van der Waals surface area contributed by atoms with Gasteiger partial charge in [0.1, 0.15) is 34.7 Å². The largest absolute Gasteiger partial charge is 0.457 e. The van der Waals surface area contributed by atoms with Gasteiger partial charge < -0.3 is 39.0 Å². The summed E-state index contributed by atoms with van der Waals surface area (Å²) in [5.74, 6) is 1.79. The molecule has 1 aliphatic heterocycles. The smallest absolute Gasteiger partial charge is 0.410 e. The average Bonchev–Trinajstić information content (AvgIpc) is 3.72. The number of hydrogen-bond donors (Lipinski definition) is 2. The number of hydrogen-bond acceptors (Lipinski definition) is 9. The molecule has 6 rings (SSSR count). The van der Waals surface area contributed by atoms with E-state index in [1.807, 2.05) is 102 Å². The maximum atomic E-state index is 13.3. The number of rotatable bonds is 13. The van der Waals surface area contributed by atoms with Crippen molar-refractivity contribution in [2.75, 3.05) is 38.5 Å². The molecule has 4 atom stereocenters. The molecule has 1 amide bonds. The fourth-order valence-corrected chi connectivity index (χ4v) is 7.11. The SMILES string of the molecule is CNc1nc(Cl)nc2c1ccn2[C@@H]1C[C@H](CNCCCN(CCc2cccc(Oc3ccccc3)c2)C(=O)OC(C)(C)C)[C@H]2OC(C)(C)O[C@H]21. The predicted octanol–water partition coefficient (Wildman–Crippen LogP) is 7.46. The highest BCUT2D eigenvalue weighted by Crippen LogP contribution is 2.47. The Morgan fingerprint density at radius 3 is 2.56 bits per heavy atom. The second kappa shape index (κ2) is 15.1. The van der Waals surface area contributed by atoms with Crippen molar-refractivity contribution in [2.24, 2.45) is 5.92 Å². The fourth-order valence-electron chi connectivity index (χ4n) is 6.95. The monoisotopic (exact) mass is 704 g/mol. The summed E-state index contributed by atoms with van der Waals surface area (Å²) in [7, 11) is 1.83. The first-order chi connectivity index (χ1) is 23.9. The first-order valence-electron chi connectivity index (χ1n) is 17.5. The van der Waals surface area contributed by atoms with Gasteiger partial charge in [0.25, 0.3) is 0 Å². The quantitative estimate of drug-likeness (QED) is 0.108. The highest BCUT2D eigenvalue weighted by Gasteiger charge is 2.54. The molecule has 0 radical (unpaired) electrons. The first kappa shape index (κ1) is 35.9. The van der Waals surface area contributed by atoms with Gasteiger partial charge in [-0.1, -0.05) is 30.3 Å². The standard InChI is InChI=1S/C38H49ClN6O5/c1-37(2,3)50-36(46)44(20-16-25-12-10-15-28(22-25)47-27-13-8-7-9-14-27)19-11-18-41-24-26-23-30(32-31(26)48-38(4,5)49-32)45-21-17-29-33(40-6)42-35(39)43-34(29)45/h7-10,12-15,17,21-22,26,30-32,41H,11,16,18-20,23-24H2,1-6H3,(H,40,42,43)/t26-,30-,31-,32+/m1/s1. The number of carbonyl (C=O) groups is 1. The van der Waals surface area contributed by atoms with Crippen LogP contribution in [-0.2, 0) is 20.6 Å². The summed E-state index contributed by atoms with van der Waals surface area (Å²) in [6, 6.07) is 19.8. The molecule has 2 aromatic heterocycles. The molecule has 0 spiro atoms. The molecule has 3 heterocycles. The van der Waals surface area contributed by atoms with Crippen molar-refractivity contribution in [1.29, 1.82) is 0 Å². The zero-order chi connectivity index (χ0) is 35.5. The molecule has 268 valence electrons. The third kappa shape index (κ3) is 8.69. The van der Waals surface area contributed by atoms with E-state index in [-0.39, 0.29) is 35.5 Å². The Morgan fingerprint density at radius 2 is 1.80 bits per heavy atom. The molecule has 4 aromatic rings. The molecule has 1 saturated heterocycles. The zero-order valence-electron chi connectivity index (χ0n) is 29.8. The maximum absolute atomic E-state index is 13.3. The molecule has 2 aliphatic rings. The zero-order valence-corrected chi connectivity index (χ0v) is 30.6. The number of anilines is 1. The van der Waals surface area contributed by atoms with Gasteiger partial charge in [-0.25, -0.2) is 9.78 Å². The number of benzene rings is 2. The van der Waals surface area contributed by atoms with Gasteiger partial charge in [-0.15, -0.1) is 0 Å². The summed E-state index contributed by atoms with van der Waals surface area (Å²) in [6.07, 6.45) is 3.85. The fraction of sp³-hybridized carbons (Fsp3) is 0.500. The molecule has 50 heavy (non-hydrogen) atoms. The lowest BCUT2D eigenvalue weighted by Gasteiger charge is -2.28. The third-order valence-electron chi connectivity index (χ3n) is 9.08. The minimum absolute atomic E-state index is 0.0287. The Hall–Kier alpha value is -3.90. The molecule has 2 aromatic carbocycles. The van der Waals surface area contributed by atoms with Crippen molar-refractivity contribution in [3.63, 3.8) is 0 Å². The number of nitrogens with zero attached hydrogens (tertiary/aromatic N) is 4. The van der Waals surface area contributed by atoms with Crippen molar-refractivity contribution in [2.45, 2.75) is 83.5 Å². The van der Waals surface area contributed by atoms with Crippen LogP contribution in [0.3, 0.4) is 0 Å². The van der Waals surface area contributed by atoms with E-state index in [9.17, 15) is 4.79 Å². The van der Waals surface area contributed by atoms with Crippen LogP contribution in [0.5, 0.6) is 11.5 Å². The van der Waals surface area contributed by atoms with Crippen LogP contribution < -0.4 is 15.4 Å². The Labute approximate surface area is 299 Å². The topological polar surface area (TPSA) is 112 Å². The van der Waals surface area contributed by atoms with Crippen molar-refractivity contribution >= 4 is 34.5 Å². The van der Waals surface area contributed by atoms with Gasteiger partial charge in [-0.2, -0.15) is 4.98 Å². The lowest BCUT2D eigenvalue weighted by atomic mass is 10.1. The van der Waals surface area contributed by atoms with Crippen LogP contribution in [-0.4, -0.2) is 82.4 Å². The molecule has 0 bridgehead atoms. The van der Waals surface area contributed by atoms with Crippen molar-refractivity contribution < 1.29 is 23.7 Å². The van der Waals surface area contributed by atoms with Crippen LogP contribution >= 0.6 is 11.6 Å². The molecular formula is C38H49ClN6O5. The van der Waals surface area contributed by atoms with Gasteiger partial charge in [0.2, 0.25) is 5.28 Å².